The first kappa shape index (κ1) is 21.1. The summed E-state index contributed by atoms with van der Waals surface area (Å²) in [6.45, 7) is 9.42. The zero-order valence-corrected chi connectivity index (χ0v) is 18.7. The smallest absolute Gasteiger partial charge is 0.311 e. The van der Waals surface area contributed by atoms with Gasteiger partial charge in [0.1, 0.15) is 6.10 Å². The highest BCUT2D eigenvalue weighted by atomic mass is 16.5. The molecular weight excluding hydrogens is 376 g/mol. The molecule has 0 atom stereocenters. The summed E-state index contributed by atoms with van der Waals surface area (Å²) < 4.78 is 11.0. The first-order chi connectivity index (χ1) is 14.3. The Balaban J connectivity index is 1.33. The fourth-order valence-electron chi connectivity index (χ4n) is 4.81. The van der Waals surface area contributed by atoms with Gasteiger partial charge >= 0.3 is 5.97 Å². The highest BCUT2D eigenvalue weighted by Gasteiger charge is 2.33. The van der Waals surface area contributed by atoms with Gasteiger partial charge in [-0.15, -0.1) is 0 Å². The number of methoxy groups -OCH3 is 1. The molecule has 1 aromatic heterocycles. The van der Waals surface area contributed by atoms with Crippen LogP contribution in [-0.4, -0.2) is 42.2 Å². The van der Waals surface area contributed by atoms with Crippen molar-refractivity contribution in [1.29, 1.82) is 0 Å². The summed E-state index contributed by atoms with van der Waals surface area (Å²) in [6, 6.07) is 10.5. The second-order valence-electron chi connectivity index (χ2n) is 10.0. The lowest BCUT2D eigenvalue weighted by molar-refractivity contribution is -0.151. The molecule has 0 unspecified atom stereocenters. The Morgan fingerprint density at radius 1 is 1.10 bits per heavy atom. The molecule has 1 saturated carbocycles. The Bertz CT molecular complexity index is 891. The maximum atomic E-state index is 11.5. The van der Waals surface area contributed by atoms with Crippen molar-refractivity contribution in [2.75, 3.05) is 20.2 Å². The molecule has 2 heterocycles. The number of nitrogens with zero attached hydrogens (tertiary/aromatic N) is 2. The van der Waals surface area contributed by atoms with Crippen LogP contribution in [0.3, 0.4) is 0 Å². The number of likely N-dealkylation sites (tertiary alicyclic amines) is 1. The van der Waals surface area contributed by atoms with E-state index < -0.39 is 0 Å². The number of carbonyl (C=O) groups excluding carboxylic acids is 1. The van der Waals surface area contributed by atoms with Crippen molar-refractivity contribution < 1.29 is 14.3 Å². The van der Waals surface area contributed by atoms with Crippen LogP contribution in [0.25, 0.3) is 10.9 Å². The van der Waals surface area contributed by atoms with Crippen LogP contribution in [0.5, 0.6) is 5.88 Å². The van der Waals surface area contributed by atoms with Crippen LogP contribution >= 0.6 is 0 Å². The van der Waals surface area contributed by atoms with Crippen LogP contribution in [0.1, 0.15) is 52.0 Å². The van der Waals surface area contributed by atoms with Gasteiger partial charge in [-0.05, 0) is 60.8 Å². The number of aromatic nitrogens is 1. The van der Waals surface area contributed by atoms with Gasteiger partial charge in [0.2, 0.25) is 5.88 Å². The number of hydrogen-bond donors (Lipinski definition) is 0. The Morgan fingerprint density at radius 3 is 2.50 bits per heavy atom. The van der Waals surface area contributed by atoms with E-state index in [9.17, 15) is 4.79 Å². The van der Waals surface area contributed by atoms with Gasteiger partial charge in [0.25, 0.3) is 0 Å². The van der Waals surface area contributed by atoms with E-state index in [1.165, 1.54) is 25.5 Å². The van der Waals surface area contributed by atoms with Crippen molar-refractivity contribution in [2.24, 2.45) is 17.3 Å². The third-order valence-electron chi connectivity index (χ3n) is 6.81. The molecular formula is C25H34N2O3. The molecule has 4 rings (SSSR count). The molecule has 0 radical (unpaired) electrons. The van der Waals surface area contributed by atoms with Crippen molar-refractivity contribution in [3.63, 3.8) is 0 Å². The Kier molecular flexibility index (Phi) is 6.01. The van der Waals surface area contributed by atoms with Crippen LogP contribution < -0.4 is 4.74 Å². The molecule has 0 bridgehead atoms. The zero-order chi connectivity index (χ0) is 21.3. The third-order valence-corrected chi connectivity index (χ3v) is 6.81. The maximum Gasteiger partial charge on any atom is 0.311 e. The quantitative estimate of drug-likeness (QED) is 0.661. The van der Waals surface area contributed by atoms with E-state index in [0.717, 1.165) is 55.2 Å². The number of fused-ring (bicyclic) bond motifs is 1. The van der Waals surface area contributed by atoms with Crippen molar-refractivity contribution in [1.82, 2.24) is 9.88 Å². The highest BCUT2D eigenvalue weighted by molar-refractivity contribution is 5.80. The first-order valence-corrected chi connectivity index (χ1v) is 11.2. The van der Waals surface area contributed by atoms with Crippen molar-refractivity contribution in [3.05, 3.63) is 35.9 Å². The number of esters is 1. The molecule has 30 heavy (non-hydrogen) atoms. The second kappa shape index (κ2) is 8.54. The van der Waals surface area contributed by atoms with Gasteiger partial charge in [0.15, 0.2) is 0 Å². The van der Waals surface area contributed by atoms with Crippen LogP contribution in [-0.2, 0) is 16.1 Å². The molecule has 5 heteroatoms. The van der Waals surface area contributed by atoms with E-state index in [1.54, 1.807) is 0 Å². The van der Waals surface area contributed by atoms with E-state index in [0.29, 0.717) is 5.41 Å². The number of hydrogen-bond acceptors (Lipinski definition) is 5. The SMILES string of the molecule is COC(=O)C1CN(Cc2ccc3nc(O[C@H]4CC[C@H](C(C)(C)C)CC4)ccc3c2)C1. The van der Waals surface area contributed by atoms with Crippen molar-refractivity contribution >= 4 is 16.9 Å². The molecule has 2 aliphatic rings. The van der Waals surface area contributed by atoms with Crippen LogP contribution in [0, 0.1) is 17.3 Å². The molecule has 5 nitrogen and oxygen atoms in total. The van der Waals surface area contributed by atoms with E-state index in [1.807, 2.05) is 6.07 Å². The summed E-state index contributed by atoms with van der Waals surface area (Å²) in [6.07, 6.45) is 4.98. The van der Waals surface area contributed by atoms with E-state index in [-0.39, 0.29) is 18.0 Å². The predicted molar refractivity (Wildman–Crippen MR) is 118 cm³/mol. The lowest BCUT2D eigenvalue weighted by atomic mass is 9.72. The summed E-state index contributed by atoms with van der Waals surface area (Å²) in [5, 5.41) is 1.13. The second-order valence-corrected chi connectivity index (χ2v) is 10.0. The van der Waals surface area contributed by atoms with Gasteiger partial charge in [-0.25, -0.2) is 4.98 Å². The summed E-state index contributed by atoms with van der Waals surface area (Å²) in [4.78, 5) is 18.5. The van der Waals surface area contributed by atoms with Gasteiger partial charge in [-0.1, -0.05) is 26.8 Å². The van der Waals surface area contributed by atoms with E-state index in [2.05, 4.69) is 49.9 Å². The molecule has 0 spiro atoms. The topological polar surface area (TPSA) is 51.7 Å². The third kappa shape index (κ3) is 4.77. The molecule has 0 amide bonds. The van der Waals surface area contributed by atoms with Crippen LogP contribution in [0.15, 0.2) is 30.3 Å². The zero-order valence-electron chi connectivity index (χ0n) is 18.7. The average Bonchev–Trinajstić information content (AvgIpc) is 2.69. The lowest BCUT2D eigenvalue weighted by Crippen LogP contribution is -2.49. The highest BCUT2D eigenvalue weighted by Crippen LogP contribution is 2.38. The summed E-state index contributed by atoms with van der Waals surface area (Å²) >= 11 is 0. The molecule has 0 N–H and O–H groups in total. The number of pyridine rings is 1. The standard InChI is InChI=1S/C25H34N2O3/c1-25(2,3)20-7-9-21(10-8-20)30-23-12-6-18-13-17(5-11-22(18)26-23)14-27-15-19(16-27)24(28)29-4/h5-6,11-13,19-21H,7-10,14-16H2,1-4H3/t20-,21-. The summed E-state index contributed by atoms with van der Waals surface area (Å²) in [7, 11) is 1.45. The monoisotopic (exact) mass is 410 g/mol. The van der Waals surface area contributed by atoms with Gasteiger partial charge in [0.05, 0.1) is 18.5 Å². The summed E-state index contributed by atoms with van der Waals surface area (Å²) in [5.41, 5.74) is 2.60. The predicted octanol–water partition coefficient (Wildman–Crippen LogP) is 4.82. The first-order valence-electron chi connectivity index (χ1n) is 11.2. The number of benzene rings is 1. The largest absolute Gasteiger partial charge is 0.474 e. The van der Waals surface area contributed by atoms with Crippen LogP contribution in [0.2, 0.25) is 0 Å². The van der Waals surface area contributed by atoms with Gasteiger partial charge in [-0.3, -0.25) is 9.69 Å². The van der Waals surface area contributed by atoms with Gasteiger partial charge < -0.3 is 9.47 Å². The van der Waals surface area contributed by atoms with Crippen LogP contribution in [0.4, 0.5) is 0 Å². The van der Waals surface area contributed by atoms with Gasteiger partial charge in [-0.2, -0.15) is 0 Å². The summed E-state index contributed by atoms with van der Waals surface area (Å²) in [5.74, 6) is 1.44. The number of carbonyl (C=O) groups is 1. The Hall–Kier alpha value is -2.14. The molecule has 1 aliphatic heterocycles. The minimum Gasteiger partial charge on any atom is -0.474 e. The molecule has 1 aromatic carbocycles. The normalized spacial score (nSPS) is 23.2. The molecule has 2 fully saturated rings. The molecule has 2 aromatic rings. The number of ether oxygens (including phenoxy) is 2. The van der Waals surface area contributed by atoms with Gasteiger partial charge in [0, 0.05) is 31.1 Å². The lowest BCUT2D eigenvalue weighted by Gasteiger charge is -2.37. The fourth-order valence-corrected chi connectivity index (χ4v) is 4.81. The minimum atomic E-state index is -0.103. The minimum absolute atomic E-state index is 0.0234. The van der Waals surface area contributed by atoms with E-state index >= 15 is 0 Å². The molecule has 1 saturated heterocycles. The fraction of sp³-hybridized carbons (Fsp3) is 0.600. The Morgan fingerprint density at radius 2 is 1.83 bits per heavy atom. The van der Waals surface area contributed by atoms with Crippen molar-refractivity contribution in [2.45, 2.75) is 59.1 Å². The Labute approximate surface area is 179 Å². The average molecular weight is 411 g/mol. The van der Waals surface area contributed by atoms with E-state index in [4.69, 9.17) is 14.5 Å². The number of rotatable bonds is 5. The van der Waals surface area contributed by atoms with Crippen molar-refractivity contribution in [3.8, 4) is 5.88 Å². The molecule has 162 valence electrons. The molecule has 1 aliphatic carbocycles. The maximum absolute atomic E-state index is 11.5.